The predicted octanol–water partition coefficient (Wildman–Crippen LogP) is 1.90. The molecule has 6 nitrogen and oxygen atoms in total. The van der Waals surface area contributed by atoms with Crippen LogP contribution < -0.4 is 9.64 Å². The number of aromatic carboxylic acids is 1. The second-order valence-electron chi connectivity index (χ2n) is 5.44. The van der Waals surface area contributed by atoms with Crippen molar-refractivity contribution in [1.82, 2.24) is 4.98 Å². The molecule has 3 rings (SSSR count). The van der Waals surface area contributed by atoms with Gasteiger partial charge >= 0.3 is 5.97 Å². The molecule has 0 spiro atoms. The van der Waals surface area contributed by atoms with E-state index in [1.54, 1.807) is 31.4 Å². The number of carbonyl (C=O) groups is 1. The maximum absolute atomic E-state index is 11.6. The normalized spacial score (nSPS) is 16.0. The Morgan fingerprint density at radius 3 is 2.68 bits per heavy atom. The molecule has 1 fully saturated rings. The third kappa shape index (κ3) is 2.69. The van der Waals surface area contributed by atoms with Crippen molar-refractivity contribution in [3.8, 4) is 5.75 Å². The maximum Gasteiger partial charge on any atom is 0.339 e. The Hall–Kier alpha value is -2.34. The number of aromatic nitrogens is 1. The van der Waals surface area contributed by atoms with Crippen LogP contribution in [-0.4, -0.2) is 47.5 Å². The van der Waals surface area contributed by atoms with Crippen molar-refractivity contribution in [2.24, 2.45) is 0 Å². The molecule has 2 N–H and O–H groups in total. The van der Waals surface area contributed by atoms with Crippen LogP contribution in [0, 0.1) is 0 Å². The molecule has 1 saturated heterocycles. The molecule has 1 aromatic heterocycles. The Morgan fingerprint density at radius 2 is 2.05 bits per heavy atom. The average molecular weight is 302 g/mol. The molecule has 0 saturated carbocycles. The lowest BCUT2D eigenvalue weighted by Crippen LogP contribution is -2.37. The summed E-state index contributed by atoms with van der Waals surface area (Å²) in [5.74, 6) is 0.148. The van der Waals surface area contributed by atoms with Gasteiger partial charge in [-0.05, 0) is 31.0 Å². The van der Waals surface area contributed by atoms with E-state index in [4.69, 9.17) is 4.74 Å². The summed E-state index contributed by atoms with van der Waals surface area (Å²) in [6.07, 6.45) is 0.929. The van der Waals surface area contributed by atoms with E-state index in [-0.39, 0.29) is 11.7 Å². The molecule has 0 aliphatic carbocycles. The van der Waals surface area contributed by atoms with Crippen LogP contribution in [0.2, 0.25) is 0 Å². The quantitative estimate of drug-likeness (QED) is 0.901. The molecule has 2 aromatic rings. The summed E-state index contributed by atoms with van der Waals surface area (Å²) >= 11 is 0. The Bertz CT molecular complexity index is 709. The average Bonchev–Trinajstić information content (AvgIpc) is 2.53. The van der Waals surface area contributed by atoms with Crippen LogP contribution in [0.25, 0.3) is 10.9 Å². The van der Waals surface area contributed by atoms with Crippen molar-refractivity contribution in [3.63, 3.8) is 0 Å². The van der Waals surface area contributed by atoms with Crippen LogP contribution >= 0.6 is 0 Å². The summed E-state index contributed by atoms with van der Waals surface area (Å²) in [5, 5.41) is 19.8. The summed E-state index contributed by atoms with van der Waals surface area (Å²) in [7, 11) is 1.58. The Labute approximate surface area is 128 Å². The molecule has 0 radical (unpaired) electrons. The standard InChI is InChI=1S/C16H18N2O4/c1-22-12-3-2-10-8-13(16(20)21)15(17-14(10)9-12)18-6-4-11(19)5-7-18/h2-3,8-9,11,19H,4-7H2,1H3,(H,20,21). The highest BCUT2D eigenvalue weighted by Gasteiger charge is 2.23. The molecule has 22 heavy (non-hydrogen) atoms. The molecule has 1 aliphatic heterocycles. The molecule has 1 aliphatic rings. The number of hydrogen-bond donors (Lipinski definition) is 2. The molecule has 2 heterocycles. The number of aliphatic hydroxyl groups excluding tert-OH is 1. The van der Waals surface area contributed by atoms with Gasteiger partial charge in [0.15, 0.2) is 0 Å². The molecule has 0 amide bonds. The van der Waals surface area contributed by atoms with Crippen LogP contribution in [0.5, 0.6) is 5.75 Å². The van der Waals surface area contributed by atoms with Gasteiger partial charge in [-0.15, -0.1) is 0 Å². The van der Waals surface area contributed by atoms with E-state index in [2.05, 4.69) is 4.98 Å². The molecular formula is C16H18N2O4. The number of pyridine rings is 1. The van der Waals surface area contributed by atoms with E-state index >= 15 is 0 Å². The molecule has 1 aromatic carbocycles. The van der Waals surface area contributed by atoms with Crippen LogP contribution in [0.4, 0.5) is 5.82 Å². The summed E-state index contributed by atoms with van der Waals surface area (Å²) in [6, 6.07) is 7.03. The van der Waals surface area contributed by atoms with Gasteiger partial charge in [-0.3, -0.25) is 0 Å². The number of fused-ring (bicyclic) bond motifs is 1. The lowest BCUT2D eigenvalue weighted by molar-refractivity contribution is 0.0697. The van der Waals surface area contributed by atoms with Gasteiger partial charge in [0, 0.05) is 24.5 Å². The number of piperidine rings is 1. The Kier molecular flexibility index (Phi) is 3.85. The molecule has 116 valence electrons. The van der Waals surface area contributed by atoms with Crippen LogP contribution in [-0.2, 0) is 0 Å². The number of carboxylic acids is 1. The van der Waals surface area contributed by atoms with Crippen molar-refractivity contribution >= 4 is 22.7 Å². The summed E-state index contributed by atoms with van der Waals surface area (Å²) in [4.78, 5) is 18.0. The van der Waals surface area contributed by atoms with E-state index in [0.717, 1.165) is 5.39 Å². The smallest absolute Gasteiger partial charge is 0.339 e. The number of rotatable bonds is 3. The fourth-order valence-corrected chi connectivity index (χ4v) is 2.74. The zero-order valence-corrected chi connectivity index (χ0v) is 12.3. The Morgan fingerprint density at radius 1 is 1.32 bits per heavy atom. The van der Waals surface area contributed by atoms with Gasteiger partial charge in [0.2, 0.25) is 0 Å². The van der Waals surface area contributed by atoms with Gasteiger partial charge in [0.1, 0.15) is 17.1 Å². The van der Waals surface area contributed by atoms with Gasteiger partial charge < -0.3 is 19.8 Å². The lowest BCUT2D eigenvalue weighted by Gasteiger charge is -2.31. The first-order valence-corrected chi connectivity index (χ1v) is 7.23. The molecule has 0 bridgehead atoms. The van der Waals surface area contributed by atoms with E-state index in [0.29, 0.717) is 43.0 Å². The number of benzene rings is 1. The fourth-order valence-electron chi connectivity index (χ4n) is 2.74. The van der Waals surface area contributed by atoms with Crippen molar-refractivity contribution in [1.29, 1.82) is 0 Å². The van der Waals surface area contributed by atoms with Gasteiger partial charge in [0.25, 0.3) is 0 Å². The fraction of sp³-hybridized carbons (Fsp3) is 0.375. The van der Waals surface area contributed by atoms with Gasteiger partial charge in [-0.1, -0.05) is 0 Å². The van der Waals surface area contributed by atoms with E-state index in [1.807, 2.05) is 4.90 Å². The minimum absolute atomic E-state index is 0.189. The highest BCUT2D eigenvalue weighted by molar-refractivity contribution is 5.98. The summed E-state index contributed by atoms with van der Waals surface area (Å²) in [6.45, 7) is 1.20. The second-order valence-corrected chi connectivity index (χ2v) is 5.44. The predicted molar refractivity (Wildman–Crippen MR) is 82.7 cm³/mol. The van der Waals surface area contributed by atoms with Crippen LogP contribution in [0.1, 0.15) is 23.2 Å². The summed E-state index contributed by atoms with van der Waals surface area (Å²) < 4.78 is 5.20. The largest absolute Gasteiger partial charge is 0.497 e. The minimum Gasteiger partial charge on any atom is -0.497 e. The number of ether oxygens (including phenoxy) is 1. The zero-order chi connectivity index (χ0) is 15.7. The van der Waals surface area contributed by atoms with Gasteiger partial charge in [-0.2, -0.15) is 0 Å². The first kappa shape index (κ1) is 14.6. The highest BCUT2D eigenvalue weighted by atomic mass is 16.5. The number of methoxy groups -OCH3 is 1. The highest BCUT2D eigenvalue weighted by Crippen LogP contribution is 2.28. The zero-order valence-electron chi connectivity index (χ0n) is 12.3. The molecule has 6 heteroatoms. The molecule has 0 unspecified atom stereocenters. The third-order valence-corrected chi connectivity index (χ3v) is 4.00. The van der Waals surface area contributed by atoms with E-state index in [9.17, 15) is 15.0 Å². The topological polar surface area (TPSA) is 82.9 Å². The third-order valence-electron chi connectivity index (χ3n) is 4.00. The molecule has 0 atom stereocenters. The van der Waals surface area contributed by atoms with Gasteiger partial charge in [0.05, 0.1) is 18.7 Å². The Balaban J connectivity index is 2.09. The maximum atomic E-state index is 11.6. The first-order chi connectivity index (χ1) is 10.6. The monoisotopic (exact) mass is 302 g/mol. The van der Waals surface area contributed by atoms with Crippen molar-refractivity contribution in [3.05, 3.63) is 29.8 Å². The number of anilines is 1. The van der Waals surface area contributed by atoms with Crippen molar-refractivity contribution in [2.75, 3.05) is 25.1 Å². The number of nitrogens with zero attached hydrogens (tertiary/aromatic N) is 2. The number of hydrogen-bond acceptors (Lipinski definition) is 5. The molecular weight excluding hydrogens is 284 g/mol. The minimum atomic E-state index is -0.994. The van der Waals surface area contributed by atoms with E-state index in [1.165, 1.54) is 0 Å². The van der Waals surface area contributed by atoms with Crippen molar-refractivity contribution < 1.29 is 19.7 Å². The first-order valence-electron chi connectivity index (χ1n) is 7.23. The van der Waals surface area contributed by atoms with Crippen LogP contribution in [0.15, 0.2) is 24.3 Å². The second kappa shape index (κ2) is 5.81. The lowest BCUT2D eigenvalue weighted by atomic mass is 10.1. The SMILES string of the molecule is COc1ccc2cc(C(=O)O)c(N3CCC(O)CC3)nc2c1. The van der Waals surface area contributed by atoms with E-state index < -0.39 is 5.97 Å². The van der Waals surface area contributed by atoms with Crippen molar-refractivity contribution in [2.45, 2.75) is 18.9 Å². The summed E-state index contributed by atoms with van der Waals surface area (Å²) in [5.41, 5.74) is 0.888. The van der Waals surface area contributed by atoms with Crippen LogP contribution in [0.3, 0.4) is 0 Å². The number of carboxylic acid groups (broad SMARTS) is 1. The van der Waals surface area contributed by atoms with Gasteiger partial charge in [-0.25, -0.2) is 9.78 Å². The number of aliphatic hydroxyl groups is 1.